The molecule has 4 rings (SSSR count). The second kappa shape index (κ2) is 17.7. The van der Waals surface area contributed by atoms with Gasteiger partial charge in [0.05, 0.1) is 27.7 Å². The molecule has 2 N–H and O–H groups in total. The summed E-state index contributed by atoms with van der Waals surface area (Å²) in [6.07, 6.45) is 20.9. The largest absolute Gasteiger partial charge is 0.870 e. The molecule has 4 aliphatic carbocycles. The van der Waals surface area contributed by atoms with Gasteiger partial charge < -0.3 is 19.6 Å². The molecule has 4 aliphatic rings. The van der Waals surface area contributed by atoms with Crippen LogP contribution in [-0.4, -0.2) is 67.8 Å². The predicted octanol–water partition coefficient (Wildman–Crippen LogP) is 9.58. The van der Waals surface area contributed by atoms with Gasteiger partial charge in [0, 0.05) is 12.8 Å². The Labute approximate surface area is 299 Å². The lowest BCUT2D eigenvalue weighted by atomic mass is 9.47. The Hall–Kier alpha value is -1.02. The molecule has 0 heterocycles. The predicted molar refractivity (Wildman–Crippen MR) is 197 cm³/mol. The number of quaternary nitrogens is 1. The first kappa shape index (κ1) is 42.4. The van der Waals surface area contributed by atoms with E-state index in [2.05, 4.69) is 59.8 Å². The molecule has 0 amide bonds. The first-order valence-electron chi connectivity index (χ1n) is 19.5. The lowest BCUT2D eigenvalue weighted by Gasteiger charge is -2.58. The number of likely N-dealkylation sites (N-methyl/N-ethyl adjacent to an activating group) is 1. The lowest BCUT2D eigenvalue weighted by Crippen LogP contribution is -2.51. The molecule has 49 heavy (non-hydrogen) atoms. The summed E-state index contributed by atoms with van der Waals surface area (Å²) in [5, 5.41) is 0. The lowest BCUT2D eigenvalue weighted by molar-refractivity contribution is -0.870. The molecule has 284 valence electrons. The Morgan fingerprint density at radius 3 is 2.39 bits per heavy atom. The highest BCUT2D eigenvalue weighted by molar-refractivity contribution is 7.47. The van der Waals surface area contributed by atoms with Gasteiger partial charge >= 0.3 is 13.8 Å². The third-order valence-electron chi connectivity index (χ3n) is 13.4. The standard InChI is InChI=1S/C40H70NO6P.H2O/c1-10-31(29(2)3)16-15-30(4)35-19-20-36-34-18-17-32-28-33(21-23-39(32,5)37(34)22-24-40(35,36)6)47-38(42)14-12-11-13-26-45-48(43,44)46-27-25-41(7,8)9;/h15-17,29-31,33-37H,10-14,18-28H2,1-9H3;1H2/b16-15+;/t30-,31-,33+,34+,35-,36+,37+,39+,40-;/m1./s1. The number of phosphoric acid groups is 1. The second-order valence-electron chi connectivity index (χ2n) is 17.9. The molecule has 0 aromatic heterocycles. The molecule has 0 aromatic rings. The summed E-state index contributed by atoms with van der Waals surface area (Å²) < 4.78 is 28.9. The van der Waals surface area contributed by atoms with Crippen molar-refractivity contribution < 1.29 is 38.0 Å². The third kappa shape index (κ3) is 10.8. The molecule has 3 fully saturated rings. The van der Waals surface area contributed by atoms with Crippen molar-refractivity contribution in [1.29, 1.82) is 0 Å². The number of allylic oxidation sites excluding steroid dienone is 3. The Morgan fingerprint density at radius 2 is 1.71 bits per heavy atom. The minimum atomic E-state index is -4.03. The molecular weight excluding hydrogens is 637 g/mol. The number of rotatable bonds is 17. The fourth-order valence-corrected chi connectivity index (χ4v) is 11.1. The maximum atomic E-state index is 12.8. The van der Waals surface area contributed by atoms with Crippen LogP contribution in [0.25, 0.3) is 0 Å². The van der Waals surface area contributed by atoms with E-state index in [4.69, 9.17) is 13.8 Å². The van der Waals surface area contributed by atoms with Crippen molar-refractivity contribution in [3.05, 3.63) is 23.8 Å². The zero-order valence-electron chi connectivity index (χ0n) is 32.5. The normalized spacial score (nSPS) is 33.9. The van der Waals surface area contributed by atoms with Gasteiger partial charge in [-0.3, -0.25) is 13.8 Å². The van der Waals surface area contributed by atoms with E-state index >= 15 is 0 Å². The van der Waals surface area contributed by atoms with Crippen LogP contribution in [0.5, 0.6) is 0 Å². The molecule has 3 saturated carbocycles. The van der Waals surface area contributed by atoms with Crippen molar-refractivity contribution in [2.45, 2.75) is 131 Å². The minimum Gasteiger partial charge on any atom is -0.870 e. The highest BCUT2D eigenvalue weighted by Crippen LogP contribution is 2.67. The van der Waals surface area contributed by atoms with E-state index in [1.54, 1.807) is 5.57 Å². The number of hydrogen-bond acceptors (Lipinski definition) is 6. The number of esters is 1. The van der Waals surface area contributed by atoms with Crippen LogP contribution in [0.2, 0.25) is 0 Å². The number of carbonyl (C=O) groups excluding carboxylic acids is 1. The highest BCUT2D eigenvalue weighted by Gasteiger charge is 2.59. The molecule has 0 radical (unpaired) electrons. The molecule has 10 atom stereocenters. The van der Waals surface area contributed by atoms with Crippen LogP contribution in [0, 0.1) is 52.3 Å². The van der Waals surface area contributed by atoms with Crippen LogP contribution in [-0.2, 0) is 23.1 Å². The first-order chi connectivity index (χ1) is 22.5. The van der Waals surface area contributed by atoms with Crippen LogP contribution in [0.1, 0.15) is 125 Å². The Bertz CT molecular complexity index is 1180. The fraction of sp³-hybridized carbons (Fsp3) is 0.875. The van der Waals surface area contributed by atoms with Crippen molar-refractivity contribution in [2.75, 3.05) is 40.9 Å². The molecular formula is C40H72NO7P. The average Bonchev–Trinajstić information content (AvgIpc) is 3.35. The number of unbranched alkanes of at least 4 members (excludes halogenated alkanes) is 2. The Morgan fingerprint density at radius 1 is 1.00 bits per heavy atom. The van der Waals surface area contributed by atoms with Crippen LogP contribution < -0.4 is 0 Å². The molecule has 8 nitrogen and oxygen atoms in total. The van der Waals surface area contributed by atoms with Crippen LogP contribution in [0.3, 0.4) is 0 Å². The number of phosphoric ester groups is 1. The summed E-state index contributed by atoms with van der Waals surface area (Å²) in [6.45, 7) is 15.6. The van der Waals surface area contributed by atoms with Crippen LogP contribution in [0.15, 0.2) is 23.8 Å². The molecule has 0 bridgehead atoms. The van der Waals surface area contributed by atoms with E-state index < -0.39 is 7.82 Å². The van der Waals surface area contributed by atoms with Gasteiger partial charge in [0.2, 0.25) is 0 Å². The number of ether oxygens (including phenoxy) is 1. The van der Waals surface area contributed by atoms with E-state index in [-0.39, 0.29) is 36.2 Å². The van der Waals surface area contributed by atoms with Gasteiger partial charge in [-0.2, -0.15) is 0 Å². The van der Waals surface area contributed by atoms with Gasteiger partial charge in [0.25, 0.3) is 0 Å². The number of carbonyl (C=O) groups is 1. The maximum absolute atomic E-state index is 12.8. The highest BCUT2D eigenvalue weighted by atomic mass is 31.2. The minimum absolute atomic E-state index is 0. The van der Waals surface area contributed by atoms with Gasteiger partial charge in [0.15, 0.2) is 0 Å². The molecule has 0 aliphatic heterocycles. The zero-order valence-corrected chi connectivity index (χ0v) is 33.4. The number of fused-ring (bicyclic) bond motifs is 5. The van der Waals surface area contributed by atoms with Crippen LogP contribution >= 0.6 is 7.82 Å². The Kier molecular flexibility index (Phi) is 15.3. The van der Waals surface area contributed by atoms with E-state index in [1.165, 1.54) is 38.5 Å². The summed E-state index contributed by atoms with van der Waals surface area (Å²) in [4.78, 5) is 22.6. The average molecular weight is 710 g/mol. The monoisotopic (exact) mass is 710 g/mol. The third-order valence-corrected chi connectivity index (χ3v) is 14.4. The fourth-order valence-electron chi connectivity index (χ4n) is 10.4. The summed E-state index contributed by atoms with van der Waals surface area (Å²) in [5.74, 6) is 5.07. The van der Waals surface area contributed by atoms with Crippen molar-refractivity contribution in [2.24, 2.45) is 52.3 Å². The van der Waals surface area contributed by atoms with Gasteiger partial charge in [-0.05, 0) is 116 Å². The summed E-state index contributed by atoms with van der Waals surface area (Å²) in [6, 6.07) is 0. The molecule has 0 aromatic carbocycles. The van der Waals surface area contributed by atoms with Crippen molar-refractivity contribution in [3.63, 3.8) is 0 Å². The summed E-state index contributed by atoms with van der Waals surface area (Å²) in [5.41, 5.74) is 2.24. The molecule has 1 unspecified atom stereocenters. The first-order valence-corrected chi connectivity index (χ1v) is 21.0. The quantitative estimate of drug-likeness (QED) is 0.0526. The van der Waals surface area contributed by atoms with Crippen molar-refractivity contribution in [3.8, 4) is 0 Å². The second-order valence-corrected chi connectivity index (χ2v) is 19.3. The van der Waals surface area contributed by atoms with Gasteiger partial charge in [-0.1, -0.05) is 71.8 Å². The smallest absolute Gasteiger partial charge is 0.472 e. The number of nitrogens with zero attached hydrogens (tertiary/aromatic N) is 1. The molecule has 9 heteroatoms. The van der Waals surface area contributed by atoms with E-state index in [0.717, 1.165) is 49.4 Å². The summed E-state index contributed by atoms with van der Waals surface area (Å²) >= 11 is 0. The SMILES string of the molecule is CC[C@H](/C=C/[C@@H](C)[C@H]1CC[C@H]2[C@@H]3CC=C4C[C@@H](OC(=O)CCCCCOP(=O)(O)OCC[N+](C)(C)C)CC[C@]4(C)[C@H]3CC[C@]12C)C(C)C.[OH-]. The van der Waals surface area contributed by atoms with Gasteiger partial charge in [-0.15, -0.1) is 0 Å². The molecule has 0 spiro atoms. The van der Waals surface area contributed by atoms with Crippen LogP contribution in [0.4, 0.5) is 0 Å². The van der Waals surface area contributed by atoms with E-state index in [0.29, 0.717) is 53.5 Å². The number of hydrogen-bond donors (Lipinski definition) is 1. The van der Waals surface area contributed by atoms with Gasteiger partial charge in [0.1, 0.15) is 19.3 Å². The topological polar surface area (TPSA) is 112 Å². The van der Waals surface area contributed by atoms with E-state index in [9.17, 15) is 14.3 Å². The maximum Gasteiger partial charge on any atom is 0.472 e. The summed E-state index contributed by atoms with van der Waals surface area (Å²) in [7, 11) is 1.95. The van der Waals surface area contributed by atoms with E-state index in [1.807, 2.05) is 21.1 Å². The van der Waals surface area contributed by atoms with Crippen molar-refractivity contribution >= 4 is 13.8 Å². The molecule has 0 saturated heterocycles. The van der Waals surface area contributed by atoms with Crippen molar-refractivity contribution in [1.82, 2.24) is 0 Å². The Balaban J connectivity index is 0.00000650. The zero-order chi connectivity index (χ0) is 35.3. The van der Waals surface area contributed by atoms with Gasteiger partial charge in [-0.25, -0.2) is 4.57 Å².